The van der Waals surface area contributed by atoms with E-state index in [9.17, 15) is 13.5 Å². The lowest BCUT2D eigenvalue weighted by molar-refractivity contribution is 0.0577. The molecule has 1 saturated heterocycles. The van der Waals surface area contributed by atoms with Crippen molar-refractivity contribution in [2.45, 2.75) is 45.9 Å². The molecule has 0 unspecified atom stereocenters. The molecule has 0 radical (unpaired) electrons. The van der Waals surface area contributed by atoms with E-state index in [-0.39, 0.29) is 11.9 Å². The van der Waals surface area contributed by atoms with Crippen molar-refractivity contribution in [3.05, 3.63) is 77.9 Å². The lowest BCUT2D eigenvalue weighted by Crippen LogP contribution is -2.49. The molecular formula is C31H35N7O4S. The van der Waals surface area contributed by atoms with Crippen LogP contribution < -0.4 is 4.90 Å². The number of benzene rings is 2. The van der Waals surface area contributed by atoms with Crippen LogP contribution in [-0.4, -0.2) is 74.4 Å². The highest BCUT2D eigenvalue weighted by Crippen LogP contribution is 2.38. The molecule has 1 aliphatic heterocycles. The zero-order chi connectivity index (χ0) is 30.3. The molecule has 2 aromatic carbocycles. The molecule has 0 saturated carbocycles. The molecule has 0 bridgehead atoms. The fourth-order valence-electron chi connectivity index (χ4n) is 5.82. The van der Waals surface area contributed by atoms with Crippen LogP contribution in [0.25, 0.3) is 33.4 Å². The monoisotopic (exact) mass is 601 g/mol. The van der Waals surface area contributed by atoms with Crippen LogP contribution in [0.3, 0.4) is 0 Å². The van der Waals surface area contributed by atoms with E-state index in [2.05, 4.69) is 33.4 Å². The Morgan fingerprint density at radius 2 is 1.84 bits per heavy atom. The number of hydrogen-bond donors (Lipinski definition) is 2. The summed E-state index contributed by atoms with van der Waals surface area (Å²) in [5.74, 6) is 2.02. The van der Waals surface area contributed by atoms with Crippen LogP contribution in [0.2, 0.25) is 0 Å². The minimum Gasteiger partial charge on any atom is -0.389 e. The summed E-state index contributed by atoms with van der Waals surface area (Å²) in [7, 11) is -2.54. The topological polar surface area (TPSA) is 130 Å². The van der Waals surface area contributed by atoms with E-state index in [1.165, 1.54) is 0 Å². The Bertz CT molecular complexity index is 1810. The maximum atomic E-state index is 11.7. The molecular weight excluding hydrogens is 566 g/mol. The number of piperazine rings is 1. The number of fused-ring (bicyclic) bond motifs is 1. The first-order valence-corrected chi connectivity index (χ1v) is 15.6. The van der Waals surface area contributed by atoms with Gasteiger partial charge in [-0.1, -0.05) is 41.6 Å². The van der Waals surface area contributed by atoms with Crippen LogP contribution in [0.4, 0.5) is 5.82 Å². The lowest BCUT2D eigenvalue weighted by Gasteiger charge is -2.42. The number of anilines is 1. The largest absolute Gasteiger partial charge is 0.389 e. The molecule has 0 aliphatic carbocycles. The molecule has 1 fully saturated rings. The number of rotatable bonds is 8. The molecule has 1 atom stereocenters. The predicted octanol–water partition coefficient (Wildman–Crippen LogP) is 3.97. The third-order valence-electron chi connectivity index (χ3n) is 7.67. The van der Waals surface area contributed by atoms with Crippen LogP contribution in [0.5, 0.6) is 0 Å². The maximum Gasteiger partial charge on any atom is 0.165 e. The number of aromatic nitrogens is 5. The van der Waals surface area contributed by atoms with Gasteiger partial charge in [0.2, 0.25) is 0 Å². The molecule has 5 aromatic rings. The summed E-state index contributed by atoms with van der Waals surface area (Å²) in [6.45, 7) is 9.30. The van der Waals surface area contributed by atoms with Crippen molar-refractivity contribution in [2.75, 3.05) is 30.4 Å². The minimum atomic E-state index is -2.54. The average molecular weight is 602 g/mol. The van der Waals surface area contributed by atoms with Gasteiger partial charge in [0.05, 0.1) is 47.0 Å². The van der Waals surface area contributed by atoms with Crippen molar-refractivity contribution in [3.63, 3.8) is 0 Å². The Morgan fingerprint density at radius 1 is 1.05 bits per heavy atom. The van der Waals surface area contributed by atoms with Crippen molar-refractivity contribution in [2.24, 2.45) is 0 Å². The highest BCUT2D eigenvalue weighted by Gasteiger charge is 2.31. The summed E-state index contributed by atoms with van der Waals surface area (Å²) in [6, 6.07) is 16.1. The first-order valence-electron chi connectivity index (χ1n) is 14.2. The first kappa shape index (κ1) is 29.0. The molecule has 0 spiro atoms. The second kappa shape index (κ2) is 11.5. The van der Waals surface area contributed by atoms with E-state index in [1.807, 2.05) is 55.3 Å². The van der Waals surface area contributed by atoms with Gasteiger partial charge in [0, 0.05) is 36.8 Å². The quantitative estimate of drug-likeness (QED) is 0.252. The van der Waals surface area contributed by atoms with Gasteiger partial charge in [0.25, 0.3) is 0 Å². The van der Waals surface area contributed by atoms with E-state index in [0.29, 0.717) is 32.0 Å². The zero-order valence-corrected chi connectivity index (χ0v) is 25.5. The number of nitrogens with zero attached hydrogens (tertiary/aromatic N) is 7. The van der Waals surface area contributed by atoms with Gasteiger partial charge in [-0.05, 0) is 51.0 Å². The number of thiol groups is 1. The summed E-state index contributed by atoms with van der Waals surface area (Å²) in [5, 5.41) is 19.8. The molecule has 224 valence electrons. The van der Waals surface area contributed by atoms with E-state index in [0.717, 1.165) is 50.4 Å². The van der Waals surface area contributed by atoms with E-state index in [4.69, 9.17) is 14.5 Å². The summed E-state index contributed by atoms with van der Waals surface area (Å²) < 4.78 is 30.5. The minimum absolute atomic E-state index is 0.0128. The van der Waals surface area contributed by atoms with Gasteiger partial charge in [-0.2, -0.15) is 5.10 Å². The lowest BCUT2D eigenvalue weighted by atomic mass is 9.99. The second-order valence-corrected chi connectivity index (χ2v) is 12.7. The Labute approximate surface area is 251 Å². The predicted molar refractivity (Wildman–Crippen MR) is 165 cm³/mol. The molecule has 3 aromatic heterocycles. The van der Waals surface area contributed by atoms with Crippen molar-refractivity contribution in [3.8, 4) is 22.5 Å². The number of hydrogen-bond acceptors (Lipinski definition) is 10. The van der Waals surface area contributed by atoms with Crippen molar-refractivity contribution >= 4 is 27.4 Å². The Kier molecular flexibility index (Phi) is 7.75. The van der Waals surface area contributed by atoms with Crippen molar-refractivity contribution in [1.82, 2.24) is 29.8 Å². The third-order valence-corrected chi connectivity index (χ3v) is 8.31. The zero-order valence-electron chi connectivity index (χ0n) is 24.6. The maximum absolute atomic E-state index is 11.7. The Hall–Kier alpha value is -4.13. The summed E-state index contributed by atoms with van der Waals surface area (Å²) in [6.07, 6.45) is 3.56. The molecule has 11 nitrogen and oxygen atoms in total. The van der Waals surface area contributed by atoms with Crippen LogP contribution in [0, 0.1) is 13.8 Å². The summed E-state index contributed by atoms with van der Waals surface area (Å²) in [4.78, 5) is 14.3. The normalized spacial score (nSPS) is 16.4. The van der Waals surface area contributed by atoms with Crippen LogP contribution in [0.15, 0.2) is 65.4 Å². The van der Waals surface area contributed by atoms with Crippen molar-refractivity contribution in [1.29, 1.82) is 0 Å². The van der Waals surface area contributed by atoms with E-state index >= 15 is 0 Å². The average Bonchev–Trinajstić information content (AvgIpc) is 3.56. The van der Waals surface area contributed by atoms with Crippen LogP contribution in [0.1, 0.15) is 36.9 Å². The van der Waals surface area contributed by atoms with Gasteiger partial charge in [-0.3, -0.25) is 9.58 Å². The molecule has 6 rings (SSSR count). The van der Waals surface area contributed by atoms with Crippen LogP contribution in [-0.2, 0) is 17.2 Å². The van der Waals surface area contributed by atoms with Gasteiger partial charge >= 0.3 is 0 Å². The Morgan fingerprint density at radius 3 is 2.53 bits per heavy atom. The summed E-state index contributed by atoms with van der Waals surface area (Å²) >= 11 is 0. The van der Waals surface area contributed by atoms with E-state index < -0.39 is 16.3 Å². The van der Waals surface area contributed by atoms with Gasteiger partial charge in [-0.25, -0.2) is 18.4 Å². The highest BCUT2D eigenvalue weighted by molar-refractivity contribution is 7.72. The summed E-state index contributed by atoms with van der Waals surface area (Å²) in [5.41, 5.74) is 4.35. The van der Waals surface area contributed by atoms with Crippen molar-refractivity contribution < 1.29 is 18.0 Å². The fourth-order valence-corrected chi connectivity index (χ4v) is 6.40. The fraction of sp³-hybridized carbons (Fsp3) is 0.355. The molecule has 1 N–H and O–H groups in total. The molecule has 0 amide bonds. The van der Waals surface area contributed by atoms with Crippen LogP contribution >= 0.6 is 0 Å². The standard InChI is InChI=1S/C31H35N7O4S/c1-20-28(21(2)42-35-20)23-10-11-26-25(14-23)30(34-29(33-26)24-15-32-37(16-24)18-31(3,4)39)38-13-12-36(19-43(40)41)17-27(38)22-8-6-5-7-9-22/h5-11,14-16,27,39,43H,12-13,17-19H2,1-4H3/t27-/m1/s1. The molecule has 12 heteroatoms. The Balaban J connectivity index is 1.52. The van der Waals surface area contributed by atoms with Gasteiger partial charge in [0.1, 0.15) is 11.6 Å². The third kappa shape index (κ3) is 6.17. The van der Waals surface area contributed by atoms with Gasteiger partial charge in [-0.15, -0.1) is 0 Å². The van der Waals surface area contributed by atoms with E-state index in [1.54, 1.807) is 24.7 Å². The number of aryl methyl sites for hydroxylation is 2. The SMILES string of the molecule is Cc1noc(C)c1-c1ccc2nc(-c3cnn(CC(C)(C)O)c3)nc(N3CCN(C[SH](=O)=O)C[C@@H]3c3ccccc3)c2c1. The van der Waals surface area contributed by atoms with Gasteiger partial charge in [0.15, 0.2) is 16.5 Å². The number of aliphatic hydroxyl groups is 1. The first-order chi connectivity index (χ1) is 20.6. The van der Waals surface area contributed by atoms with Gasteiger partial charge < -0.3 is 14.5 Å². The molecule has 43 heavy (non-hydrogen) atoms. The highest BCUT2D eigenvalue weighted by atomic mass is 32.2. The molecule has 1 aliphatic rings. The smallest absolute Gasteiger partial charge is 0.165 e. The second-order valence-electron chi connectivity index (χ2n) is 11.7. The molecule has 4 heterocycles.